The van der Waals surface area contributed by atoms with Crippen LogP contribution in [0.3, 0.4) is 0 Å². The van der Waals surface area contributed by atoms with Crippen molar-refractivity contribution < 1.29 is 14.6 Å². The van der Waals surface area contributed by atoms with Crippen molar-refractivity contribution in [1.29, 1.82) is 0 Å². The Morgan fingerprint density at radius 2 is 2.18 bits per heavy atom. The molecule has 9 heteroatoms. The van der Waals surface area contributed by atoms with Gasteiger partial charge in [-0.05, 0) is 0 Å². The summed E-state index contributed by atoms with van der Waals surface area (Å²) in [6.45, 7) is -0.0592. The smallest absolute Gasteiger partial charge is 0.164 e. The highest BCUT2D eigenvalue weighted by Gasteiger charge is 2.59. The van der Waals surface area contributed by atoms with Crippen molar-refractivity contribution in [2.45, 2.75) is 24.5 Å². The minimum Gasteiger partial charge on any atom is -0.394 e. The number of nitrogens with zero attached hydrogens (tertiary/aromatic N) is 5. The minimum absolute atomic E-state index is 0.0453. The van der Waals surface area contributed by atoms with Gasteiger partial charge in [-0.15, -0.1) is 0 Å². The number of hydrogen-bond donors (Lipinski definition) is 2. The maximum absolute atomic E-state index is 9.34. The maximum atomic E-state index is 9.34. The molecule has 0 aromatic carbocycles. The van der Waals surface area contributed by atoms with Crippen molar-refractivity contribution in [3.8, 4) is 0 Å². The second-order valence-corrected chi connectivity index (χ2v) is 5.67. The summed E-state index contributed by atoms with van der Waals surface area (Å²) in [4.78, 5) is 8.66. The Bertz CT molecular complexity index is 817. The van der Waals surface area contributed by atoms with Crippen LogP contribution in [0.4, 0.5) is 5.82 Å². The van der Waals surface area contributed by atoms with Gasteiger partial charge in [0.1, 0.15) is 30.3 Å². The molecule has 5 rings (SSSR count). The SMILES string of the molecule is CN1N=C(N)c2cn([C@@H]3O[C@H](CO)[C@@H]4O[C@H]43)c3ncnc1c23. The second kappa shape index (κ2) is 3.94. The molecule has 2 aromatic rings. The molecule has 2 aromatic heterocycles. The zero-order valence-electron chi connectivity index (χ0n) is 11.7. The van der Waals surface area contributed by atoms with E-state index in [2.05, 4.69) is 15.1 Å². The lowest BCUT2D eigenvalue weighted by Crippen LogP contribution is -2.25. The normalized spacial score (nSPS) is 32.3. The fraction of sp³-hybridized carbons (Fsp3) is 0.462. The molecule has 0 radical (unpaired) electrons. The van der Waals surface area contributed by atoms with Gasteiger partial charge >= 0.3 is 0 Å². The predicted octanol–water partition coefficient (Wildman–Crippen LogP) is -0.841. The zero-order valence-corrected chi connectivity index (χ0v) is 11.7. The van der Waals surface area contributed by atoms with Crippen molar-refractivity contribution in [2.75, 3.05) is 18.7 Å². The van der Waals surface area contributed by atoms with Crippen molar-refractivity contribution in [2.24, 2.45) is 10.8 Å². The molecule has 4 atom stereocenters. The van der Waals surface area contributed by atoms with E-state index in [9.17, 15) is 5.11 Å². The Morgan fingerprint density at radius 1 is 1.32 bits per heavy atom. The summed E-state index contributed by atoms with van der Waals surface area (Å²) in [6.07, 6.45) is 2.65. The van der Waals surface area contributed by atoms with Crippen molar-refractivity contribution in [1.82, 2.24) is 14.5 Å². The number of nitrogens with two attached hydrogens (primary N) is 1. The molecule has 9 nitrogen and oxygen atoms in total. The van der Waals surface area contributed by atoms with Crippen LogP contribution in [-0.4, -0.2) is 57.4 Å². The Morgan fingerprint density at radius 3 is 2.95 bits per heavy atom. The lowest BCUT2D eigenvalue weighted by atomic mass is 10.2. The molecule has 0 saturated carbocycles. The molecule has 3 N–H and O–H groups in total. The minimum atomic E-state index is -0.322. The lowest BCUT2D eigenvalue weighted by Gasteiger charge is -2.19. The number of aromatic nitrogens is 3. The van der Waals surface area contributed by atoms with Crippen LogP contribution in [0.25, 0.3) is 11.0 Å². The third-order valence-electron chi connectivity index (χ3n) is 4.41. The van der Waals surface area contributed by atoms with E-state index in [0.717, 1.165) is 16.6 Å². The second-order valence-electron chi connectivity index (χ2n) is 5.67. The monoisotopic (exact) mass is 302 g/mol. The van der Waals surface area contributed by atoms with Gasteiger partial charge in [-0.2, -0.15) is 5.10 Å². The summed E-state index contributed by atoms with van der Waals surface area (Å²) in [5.74, 6) is 1.12. The summed E-state index contributed by atoms with van der Waals surface area (Å²) in [5.41, 5.74) is 7.55. The average molecular weight is 302 g/mol. The molecule has 3 aliphatic rings. The molecule has 3 aliphatic heterocycles. The van der Waals surface area contributed by atoms with E-state index >= 15 is 0 Å². The summed E-state index contributed by atoms with van der Waals surface area (Å²) < 4.78 is 13.4. The van der Waals surface area contributed by atoms with Gasteiger partial charge < -0.3 is 24.9 Å². The Balaban J connectivity index is 1.70. The first-order valence-corrected chi connectivity index (χ1v) is 7.04. The Hall–Kier alpha value is -2.23. The predicted molar refractivity (Wildman–Crippen MR) is 76.3 cm³/mol. The lowest BCUT2D eigenvalue weighted by molar-refractivity contribution is -0.0821. The van der Waals surface area contributed by atoms with Gasteiger partial charge in [0.15, 0.2) is 17.9 Å². The summed E-state index contributed by atoms with van der Waals surface area (Å²) in [5, 5.41) is 16.1. The number of anilines is 1. The summed E-state index contributed by atoms with van der Waals surface area (Å²) in [7, 11) is 1.79. The van der Waals surface area contributed by atoms with Crippen LogP contribution in [0.15, 0.2) is 17.6 Å². The summed E-state index contributed by atoms with van der Waals surface area (Å²) in [6, 6.07) is 0. The number of fused-ring (bicyclic) bond motifs is 1. The van der Waals surface area contributed by atoms with Crippen LogP contribution in [0, 0.1) is 0 Å². The average Bonchev–Trinajstić information content (AvgIpc) is 3.07. The van der Waals surface area contributed by atoms with Crippen molar-refractivity contribution in [3.63, 3.8) is 0 Å². The zero-order chi connectivity index (χ0) is 15.0. The van der Waals surface area contributed by atoms with Gasteiger partial charge in [-0.25, -0.2) is 15.0 Å². The standard InChI is InChI=1S/C13H14N6O3/c1-18-11-7-5(10(14)17-18)2-19(12(7)16-4-15-11)13-9-8(22-9)6(3-20)21-13/h2,4,6,8-9,13,20H,3H2,1H3,(H2,14,17)/t6-,8+,9-,13-/m1/s1. The molecule has 114 valence electrons. The van der Waals surface area contributed by atoms with Gasteiger partial charge in [0.05, 0.1) is 12.0 Å². The first-order valence-electron chi connectivity index (χ1n) is 7.04. The molecule has 0 aliphatic carbocycles. The number of ether oxygens (including phenoxy) is 2. The van der Waals surface area contributed by atoms with Gasteiger partial charge in [0.25, 0.3) is 0 Å². The van der Waals surface area contributed by atoms with Gasteiger partial charge in [0.2, 0.25) is 0 Å². The number of aliphatic hydroxyl groups is 1. The summed E-state index contributed by atoms with van der Waals surface area (Å²) >= 11 is 0. The molecule has 0 spiro atoms. The Kier molecular flexibility index (Phi) is 2.21. The highest BCUT2D eigenvalue weighted by molar-refractivity contribution is 6.13. The largest absolute Gasteiger partial charge is 0.394 e. The molecular weight excluding hydrogens is 288 g/mol. The fourth-order valence-corrected chi connectivity index (χ4v) is 3.33. The third kappa shape index (κ3) is 1.40. The topological polar surface area (TPSA) is 114 Å². The van der Waals surface area contributed by atoms with Crippen LogP contribution in [0.5, 0.6) is 0 Å². The van der Waals surface area contributed by atoms with Gasteiger partial charge in [-0.1, -0.05) is 0 Å². The number of aliphatic hydroxyl groups excluding tert-OH is 1. The molecule has 0 unspecified atom stereocenters. The van der Waals surface area contributed by atoms with Crippen LogP contribution in [-0.2, 0) is 9.47 Å². The van der Waals surface area contributed by atoms with E-state index in [1.807, 2.05) is 10.8 Å². The van der Waals surface area contributed by atoms with Crippen LogP contribution in [0.1, 0.15) is 11.8 Å². The molecule has 0 bridgehead atoms. The van der Waals surface area contributed by atoms with E-state index in [1.54, 1.807) is 12.1 Å². The van der Waals surface area contributed by atoms with E-state index in [-0.39, 0.29) is 31.1 Å². The Labute approximate surface area is 124 Å². The highest BCUT2D eigenvalue weighted by Crippen LogP contribution is 2.46. The third-order valence-corrected chi connectivity index (χ3v) is 4.41. The number of amidine groups is 1. The number of rotatable bonds is 2. The fourth-order valence-electron chi connectivity index (χ4n) is 3.33. The van der Waals surface area contributed by atoms with E-state index in [4.69, 9.17) is 15.2 Å². The highest BCUT2D eigenvalue weighted by atomic mass is 16.7. The van der Waals surface area contributed by atoms with Crippen molar-refractivity contribution in [3.05, 3.63) is 18.1 Å². The molecule has 5 heterocycles. The number of epoxide rings is 1. The number of hydrogen-bond acceptors (Lipinski definition) is 8. The maximum Gasteiger partial charge on any atom is 0.164 e. The quantitative estimate of drug-likeness (QED) is 0.695. The van der Waals surface area contributed by atoms with E-state index in [1.165, 1.54) is 6.33 Å². The van der Waals surface area contributed by atoms with Crippen LogP contribution >= 0.6 is 0 Å². The molecule has 0 amide bonds. The molecule has 2 fully saturated rings. The van der Waals surface area contributed by atoms with Gasteiger partial charge in [0, 0.05) is 18.8 Å². The molecule has 2 saturated heterocycles. The van der Waals surface area contributed by atoms with E-state index in [0.29, 0.717) is 11.7 Å². The van der Waals surface area contributed by atoms with Crippen LogP contribution in [0.2, 0.25) is 0 Å². The first kappa shape index (κ1) is 12.3. The van der Waals surface area contributed by atoms with E-state index < -0.39 is 0 Å². The molecular formula is C13H14N6O3. The number of hydrazone groups is 1. The van der Waals surface area contributed by atoms with Crippen molar-refractivity contribution >= 4 is 22.7 Å². The van der Waals surface area contributed by atoms with Crippen LogP contribution < -0.4 is 10.7 Å². The molecule has 22 heavy (non-hydrogen) atoms. The van der Waals surface area contributed by atoms with Gasteiger partial charge in [-0.3, -0.25) is 0 Å². The first-order chi connectivity index (χ1) is 10.7.